The smallest absolute Gasteiger partial charge is 0.262 e. The molecule has 132 valence electrons. The molecule has 0 saturated carbocycles. The second-order valence-corrected chi connectivity index (χ2v) is 8.60. The molecule has 1 atom stereocenters. The fourth-order valence-electron chi connectivity index (χ4n) is 3.45. The minimum atomic E-state index is -0.0164. The molecule has 0 aliphatic heterocycles. The summed E-state index contributed by atoms with van der Waals surface area (Å²) in [5, 5.41) is 8.71. The molecule has 0 aromatic carbocycles. The summed E-state index contributed by atoms with van der Waals surface area (Å²) in [6.07, 6.45) is 4.72. The molecule has 0 saturated heterocycles. The van der Waals surface area contributed by atoms with Crippen molar-refractivity contribution in [3.8, 4) is 11.4 Å². The first-order valence-corrected chi connectivity index (χ1v) is 10.3. The molecule has 8 heteroatoms. The second-order valence-electron chi connectivity index (χ2n) is 6.73. The van der Waals surface area contributed by atoms with Crippen LogP contribution in [-0.2, 0) is 19.4 Å². The van der Waals surface area contributed by atoms with Gasteiger partial charge in [0, 0.05) is 15.8 Å². The summed E-state index contributed by atoms with van der Waals surface area (Å²) in [6.45, 7) is 2.50. The van der Waals surface area contributed by atoms with Crippen molar-refractivity contribution in [1.29, 1.82) is 0 Å². The third-order valence-electron chi connectivity index (χ3n) is 4.84. The highest BCUT2D eigenvalue weighted by molar-refractivity contribution is 7.18. The van der Waals surface area contributed by atoms with E-state index >= 15 is 0 Å². The van der Waals surface area contributed by atoms with E-state index < -0.39 is 0 Å². The molecular weight excluding hydrogens is 368 g/mol. The molecule has 0 bridgehead atoms. The van der Waals surface area contributed by atoms with Gasteiger partial charge in [0.05, 0.1) is 11.7 Å². The molecule has 1 aliphatic carbocycles. The van der Waals surface area contributed by atoms with Crippen LogP contribution in [0.5, 0.6) is 0 Å². The van der Waals surface area contributed by atoms with E-state index in [4.69, 9.17) is 4.52 Å². The van der Waals surface area contributed by atoms with E-state index in [0.29, 0.717) is 17.6 Å². The number of nitrogens with zero attached hydrogens (tertiary/aromatic N) is 4. The Morgan fingerprint density at radius 1 is 1.42 bits per heavy atom. The molecular formula is C18H16N4O2S2. The maximum atomic E-state index is 13.0. The summed E-state index contributed by atoms with van der Waals surface area (Å²) < 4.78 is 6.89. The minimum absolute atomic E-state index is 0.0164. The summed E-state index contributed by atoms with van der Waals surface area (Å²) >= 11 is 3.24. The van der Waals surface area contributed by atoms with Crippen molar-refractivity contribution in [1.82, 2.24) is 19.7 Å². The molecule has 4 heterocycles. The Morgan fingerprint density at radius 3 is 3.19 bits per heavy atom. The van der Waals surface area contributed by atoms with Gasteiger partial charge in [0.2, 0.25) is 11.7 Å². The topological polar surface area (TPSA) is 73.8 Å². The standard InChI is InChI=1S/C18H16N4O2S2/c1-10-2-3-12-13(6-10)26-17-15(12)18(23)22(9-19-17)7-14-20-16(21-24-14)11-4-5-25-8-11/h4-5,8-10H,2-3,6-7H2,1H3/t10-/m0/s1. The van der Waals surface area contributed by atoms with Gasteiger partial charge < -0.3 is 4.52 Å². The van der Waals surface area contributed by atoms with E-state index in [1.165, 1.54) is 10.4 Å². The van der Waals surface area contributed by atoms with Crippen LogP contribution in [0.25, 0.3) is 21.6 Å². The fourth-order valence-corrected chi connectivity index (χ4v) is 5.43. The molecule has 4 aromatic rings. The van der Waals surface area contributed by atoms with Crippen LogP contribution in [0, 0.1) is 5.92 Å². The van der Waals surface area contributed by atoms with Gasteiger partial charge in [0.15, 0.2) is 0 Å². The van der Waals surface area contributed by atoms with Crippen molar-refractivity contribution < 1.29 is 4.52 Å². The van der Waals surface area contributed by atoms with E-state index in [1.807, 2.05) is 16.8 Å². The lowest BCUT2D eigenvalue weighted by atomic mass is 9.89. The fraction of sp³-hybridized carbons (Fsp3) is 0.333. The Bertz CT molecular complexity index is 1140. The predicted octanol–water partition coefficient (Wildman–Crippen LogP) is 3.74. The van der Waals surface area contributed by atoms with E-state index in [-0.39, 0.29) is 12.1 Å². The van der Waals surface area contributed by atoms with Crippen LogP contribution < -0.4 is 5.56 Å². The van der Waals surface area contributed by atoms with E-state index in [0.717, 1.165) is 35.0 Å². The zero-order chi connectivity index (χ0) is 17.7. The molecule has 0 radical (unpaired) electrons. The number of aryl methyl sites for hydroxylation is 1. The minimum Gasteiger partial charge on any atom is -0.337 e. The summed E-state index contributed by atoms with van der Waals surface area (Å²) in [5.74, 6) is 1.63. The third-order valence-corrected chi connectivity index (χ3v) is 6.68. The molecule has 0 amide bonds. The molecule has 0 fully saturated rings. The molecule has 1 aliphatic rings. The molecule has 6 nitrogen and oxygen atoms in total. The van der Waals surface area contributed by atoms with Gasteiger partial charge in [-0.15, -0.1) is 11.3 Å². The number of hydrogen-bond acceptors (Lipinski definition) is 7. The van der Waals surface area contributed by atoms with Gasteiger partial charge in [0.1, 0.15) is 11.4 Å². The van der Waals surface area contributed by atoms with Crippen LogP contribution in [0.2, 0.25) is 0 Å². The van der Waals surface area contributed by atoms with Gasteiger partial charge in [-0.05, 0) is 42.2 Å². The highest BCUT2D eigenvalue weighted by Crippen LogP contribution is 2.35. The monoisotopic (exact) mass is 384 g/mol. The van der Waals surface area contributed by atoms with Crippen molar-refractivity contribution in [3.05, 3.63) is 49.8 Å². The third kappa shape index (κ3) is 2.60. The van der Waals surface area contributed by atoms with Gasteiger partial charge in [-0.3, -0.25) is 9.36 Å². The second kappa shape index (κ2) is 6.14. The summed E-state index contributed by atoms with van der Waals surface area (Å²) in [4.78, 5) is 24.1. The average Bonchev–Trinajstić information content (AvgIpc) is 3.35. The van der Waals surface area contributed by atoms with E-state index in [9.17, 15) is 4.79 Å². The van der Waals surface area contributed by atoms with Crippen molar-refractivity contribution in [3.63, 3.8) is 0 Å². The van der Waals surface area contributed by atoms with E-state index in [2.05, 4.69) is 22.0 Å². The Kier molecular flexibility index (Phi) is 3.75. The first-order valence-electron chi connectivity index (χ1n) is 8.54. The number of fused-ring (bicyclic) bond motifs is 3. The predicted molar refractivity (Wildman–Crippen MR) is 102 cm³/mol. The molecule has 5 rings (SSSR count). The zero-order valence-electron chi connectivity index (χ0n) is 14.1. The Labute approximate surface area is 157 Å². The van der Waals surface area contributed by atoms with Crippen LogP contribution >= 0.6 is 22.7 Å². The van der Waals surface area contributed by atoms with Gasteiger partial charge in [-0.1, -0.05) is 12.1 Å². The van der Waals surface area contributed by atoms with Crippen LogP contribution in [0.1, 0.15) is 29.7 Å². The maximum absolute atomic E-state index is 13.0. The summed E-state index contributed by atoms with van der Waals surface area (Å²) in [5.41, 5.74) is 2.10. The number of hydrogen-bond donors (Lipinski definition) is 0. The lowest BCUT2D eigenvalue weighted by Crippen LogP contribution is -2.22. The maximum Gasteiger partial charge on any atom is 0.262 e. The highest BCUT2D eigenvalue weighted by Gasteiger charge is 2.23. The van der Waals surface area contributed by atoms with Crippen LogP contribution in [-0.4, -0.2) is 19.7 Å². The van der Waals surface area contributed by atoms with Crippen LogP contribution in [0.3, 0.4) is 0 Å². The quantitative estimate of drug-likeness (QED) is 0.538. The Hall–Kier alpha value is -2.32. The Morgan fingerprint density at radius 2 is 2.35 bits per heavy atom. The van der Waals surface area contributed by atoms with Crippen LogP contribution in [0.15, 0.2) is 32.5 Å². The van der Waals surface area contributed by atoms with Crippen molar-refractivity contribution in [2.24, 2.45) is 5.92 Å². The number of aromatic nitrogens is 4. The lowest BCUT2D eigenvalue weighted by molar-refractivity contribution is 0.369. The van der Waals surface area contributed by atoms with Gasteiger partial charge >= 0.3 is 0 Å². The Balaban J connectivity index is 1.52. The first-order chi connectivity index (χ1) is 12.7. The van der Waals surface area contributed by atoms with Gasteiger partial charge in [-0.2, -0.15) is 16.3 Å². The summed E-state index contributed by atoms with van der Waals surface area (Å²) in [7, 11) is 0. The van der Waals surface area contributed by atoms with Crippen molar-refractivity contribution in [2.45, 2.75) is 32.7 Å². The number of rotatable bonds is 3. The van der Waals surface area contributed by atoms with Crippen molar-refractivity contribution in [2.75, 3.05) is 0 Å². The SMILES string of the molecule is C[C@H]1CCc2c(sc3ncn(Cc4nc(-c5ccsc5)no4)c(=O)c23)C1. The lowest BCUT2D eigenvalue weighted by Gasteiger charge is -2.17. The molecule has 0 N–H and O–H groups in total. The molecule has 26 heavy (non-hydrogen) atoms. The highest BCUT2D eigenvalue weighted by atomic mass is 32.1. The molecule has 4 aromatic heterocycles. The van der Waals surface area contributed by atoms with Gasteiger partial charge in [0.25, 0.3) is 5.56 Å². The van der Waals surface area contributed by atoms with Gasteiger partial charge in [-0.25, -0.2) is 4.98 Å². The summed E-state index contributed by atoms with van der Waals surface area (Å²) in [6, 6.07) is 1.94. The first kappa shape index (κ1) is 15.9. The molecule has 0 unspecified atom stereocenters. The largest absolute Gasteiger partial charge is 0.337 e. The zero-order valence-corrected chi connectivity index (χ0v) is 15.8. The van der Waals surface area contributed by atoms with Crippen molar-refractivity contribution >= 4 is 32.9 Å². The molecule has 0 spiro atoms. The van der Waals surface area contributed by atoms with Crippen LogP contribution in [0.4, 0.5) is 0 Å². The normalized spacial score (nSPS) is 16.9. The average molecular weight is 384 g/mol. The number of thiophene rings is 2. The van der Waals surface area contributed by atoms with E-state index in [1.54, 1.807) is 33.6 Å².